The number of imidazole rings is 1. The van der Waals surface area contributed by atoms with Gasteiger partial charge in [0.25, 0.3) is 0 Å². The van der Waals surface area contributed by atoms with Crippen LogP contribution in [0.5, 0.6) is 11.6 Å². The number of fused-ring (bicyclic) bond motifs is 9. The van der Waals surface area contributed by atoms with E-state index in [0.29, 0.717) is 28.6 Å². The summed E-state index contributed by atoms with van der Waals surface area (Å²) in [6, 6.07) is 90.9. The third-order valence-electron chi connectivity index (χ3n) is 16.7. The molecule has 0 fully saturated rings. The second-order valence-corrected chi connectivity index (χ2v) is 25.9. The third kappa shape index (κ3) is 9.76. The van der Waals surface area contributed by atoms with Crippen LogP contribution in [0.25, 0.3) is 78.0 Å². The van der Waals surface area contributed by atoms with E-state index in [1.807, 2.05) is 68.4 Å². The predicted molar refractivity (Wildman–Crippen MR) is 354 cm³/mol. The minimum absolute atomic E-state index is 0.147. The van der Waals surface area contributed by atoms with E-state index < -0.39 is 6.37 Å². The Hall–Kier alpha value is -9.03. The SMILES string of the molecule is [2H]C([2H])(c1ccccc1-c1ccc(-n2[c](=[Pt])n(-c3c(-c4ccccc4)cc(C(C)(C)C)cc3-c3cc(-c4ccccc4)cc(C(C)(C)C)c3)c3ccccc32)[c-]c1Oc1cccc(N2B3c4ccccc4-c4ccccc4N3c3ccc[c-]c32)n1)C(C)C. The Morgan fingerprint density at radius 3 is 1.86 bits per heavy atom. The first-order valence-corrected chi connectivity index (χ1v) is 30.8. The Balaban J connectivity index is 0.984. The minimum atomic E-state index is -1.67. The molecule has 0 radical (unpaired) electrons. The van der Waals surface area contributed by atoms with Crippen LogP contribution in [0, 0.1) is 21.9 Å². The average Bonchev–Trinajstić information content (AvgIpc) is 2.71. The van der Waals surface area contributed by atoms with E-state index in [-0.39, 0.29) is 23.7 Å². The third-order valence-corrected chi connectivity index (χ3v) is 17.7. The summed E-state index contributed by atoms with van der Waals surface area (Å²) in [5, 5.41) is 0. The van der Waals surface area contributed by atoms with Crippen molar-refractivity contribution in [3.8, 4) is 78.6 Å². The van der Waals surface area contributed by atoms with Crippen molar-refractivity contribution in [1.82, 2.24) is 14.1 Å². The number of para-hydroxylation sites is 4. The molecule has 2 aliphatic rings. The fourth-order valence-electron chi connectivity index (χ4n) is 12.5. The molecule has 0 saturated carbocycles. The molecule has 2 aliphatic heterocycles. The van der Waals surface area contributed by atoms with Gasteiger partial charge in [0.1, 0.15) is 0 Å². The van der Waals surface area contributed by atoms with Gasteiger partial charge in [0.2, 0.25) is 0 Å². The fraction of sp³-hybridized carbons (Fsp3) is 0.154. The first kappa shape index (κ1) is 52.5. The van der Waals surface area contributed by atoms with Gasteiger partial charge in [0.05, 0.1) is 0 Å². The van der Waals surface area contributed by atoms with Gasteiger partial charge in [0, 0.05) is 11.3 Å². The van der Waals surface area contributed by atoms with Crippen LogP contribution in [0.15, 0.2) is 237 Å². The molecule has 0 atom stereocenters. The summed E-state index contributed by atoms with van der Waals surface area (Å²) in [5.41, 5.74) is 21.3. The molecule has 10 aromatic carbocycles. The van der Waals surface area contributed by atoms with Gasteiger partial charge in [0.15, 0.2) is 0 Å². The normalized spacial score (nSPS) is 13.3. The summed E-state index contributed by atoms with van der Waals surface area (Å²) in [6.45, 7) is 17.4. The Labute approximate surface area is 520 Å². The van der Waals surface area contributed by atoms with Crippen molar-refractivity contribution in [2.24, 2.45) is 5.92 Å². The maximum absolute atomic E-state index is 9.53. The van der Waals surface area contributed by atoms with Gasteiger partial charge < -0.3 is 0 Å². The van der Waals surface area contributed by atoms with Gasteiger partial charge in [-0.3, -0.25) is 0 Å². The van der Waals surface area contributed by atoms with E-state index in [1.54, 1.807) is 0 Å². The van der Waals surface area contributed by atoms with Crippen molar-refractivity contribution < 1.29 is 26.8 Å². The summed E-state index contributed by atoms with van der Waals surface area (Å²) in [5.74, 6) is 1.15. The van der Waals surface area contributed by atoms with Crippen LogP contribution in [0.4, 0.5) is 22.9 Å². The molecule has 0 aliphatic carbocycles. The molecule has 0 saturated heterocycles. The number of hydrogen-bond acceptors (Lipinski definition) is 4. The van der Waals surface area contributed by atoms with E-state index in [0.717, 1.165) is 76.6 Å². The zero-order valence-electron chi connectivity index (χ0n) is 51.6. The standard InChI is InChI=1S/C78H66BN5O.Pt/c1-52(2)44-55-30-15-16-31-61(55)64-43-42-60(50-73(64)85-75-41-25-40-74(80-75)84-72-39-24-23-38-71(72)83-68-35-20-18-33-63(68)62-32-17-19-34-67(62)79(83)84)81-51-82(70-37-22-21-36-69(70)81)76-65(54-28-13-10-14-29-54)48-59(78(6,7)8)49-66(76)57-45-56(53-26-11-9-12-27-53)46-58(47-57)77(3,4)5;/h9-38,40-43,45-49,52H,44H2,1-8H3;/q-2;/i44D2;. The number of ether oxygens (including phenoxy) is 1. The fourth-order valence-corrected chi connectivity index (χ4v) is 13.6. The number of benzene rings is 10. The zero-order valence-corrected chi connectivity index (χ0v) is 51.9. The summed E-state index contributed by atoms with van der Waals surface area (Å²) < 4.78 is 32.0. The molecule has 424 valence electrons. The summed E-state index contributed by atoms with van der Waals surface area (Å²) in [6.07, 6.45) is -1.67. The first-order chi connectivity index (χ1) is 42.4. The molecular formula is C78H66BN5OPt-2. The van der Waals surface area contributed by atoms with E-state index in [2.05, 4.69) is 274 Å². The Bertz CT molecular complexity index is 4750. The monoisotopic (exact) mass is 1300 g/mol. The van der Waals surface area contributed by atoms with Crippen molar-refractivity contribution in [3.05, 3.63) is 269 Å². The Kier molecular flexibility index (Phi) is 13.3. The van der Waals surface area contributed by atoms with Gasteiger partial charge in [-0.1, -0.05) is 42.5 Å². The summed E-state index contributed by atoms with van der Waals surface area (Å²) >= 11 is 2.52. The zero-order chi connectivity index (χ0) is 60.8. The molecular weight excluding hydrogens is 1230 g/mol. The Morgan fingerprint density at radius 1 is 0.523 bits per heavy atom. The molecule has 4 heterocycles. The van der Waals surface area contributed by atoms with Crippen molar-refractivity contribution in [3.63, 3.8) is 0 Å². The van der Waals surface area contributed by atoms with Gasteiger partial charge in [-0.15, -0.1) is 6.07 Å². The Morgan fingerprint density at radius 2 is 1.13 bits per heavy atom. The maximum atomic E-state index is 9.53. The molecule has 0 unspecified atom stereocenters. The predicted octanol–water partition coefficient (Wildman–Crippen LogP) is 19.4. The molecule has 14 rings (SSSR count). The molecule has 0 bridgehead atoms. The quantitative estimate of drug-likeness (QED) is 0.0956. The molecule has 6 nitrogen and oxygen atoms in total. The van der Waals surface area contributed by atoms with Gasteiger partial charge in [-0.25, -0.2) is 0 Å². The number of anilines is 4. The van der Waals surface area contributed by atoms with Crippen LogP contribution in [0.1, 0.15) is 74.8 Å². The molecule has 0 N–H and O–H groups in total. The average molecular weight is 1300 g/mol. The van der Waals surface area contributed by atoms with Crippen LogP contribution in [0.2, 0.25) is 0 Å². The molecule has 0 spiro atoms. The summed E-state index contributed by atoms with van der Waals surface area (Å²) in [7, 11) is 0. The van der Waals surface area contributed by atoms with E-state index in [1.165, 1.54) is 33.4 Å². The van der Waals surface area contributed by atoms with E-state index in [4.69, 9.17) is 9.72 Å². The second kappa shape index (κ2) is 21.8. The van der Waals surface area contributed by atoms with Gasteiger partial charge in [-0.2, -0.15) is 12.1 Å². The second-order valence-electron chi connectivity index (χ2n) is 24.8. The van der Waals surface area contributed by atoms with Crippen molar-refractivity contribution >= 4 is 46.4 Å². The van der Waals surface area contributed by atoms with Crippen LogP contribution < -0.4 is 19.8 Å². The number of aromatic nitrogens is 3. The topological polar surface area (TPSA) is 38.5 Å². The number of rotatable bonds is 11. The summed E-state index contributed by atoms with van der Waals surface area (Å²) in [4.78, 5) is 10.1. The van der Waals surface area contributed by atoms with Crippen LogP contribution in [-0.4, -0.2) is 21.1 Å². The van der Waals surface area contributed by atoms with Crippen molar-refractivity contribution in [1.29, 1.82) is 0 Å². The van der Waals surface area contributed by atoms with Gasteiger partial charge >= 0.3 is 440 Å². The van der Waals surface area contributed by atoms with E-state index >= 15 is 0 Å². The molecule has 86 heavy (non-hydrogen) atoms. The van der Waals surface area contributed by atoms with E-state index in [9.17, 15) is 2.74 Å². The molecule has 8 heteroatoms. The van der Waals surface area contributed by atoms with Crippen molar-refractivity contribution in [2.75, 3.05) is 9.62 Å². The molecule has 0 amide bonds. The molecule has 2 aromatic heterocycles. The van der Waals surface area contributed by atoms with Crippen molar-refractivity contribution in [2.45, 2.75) is 72.6 Å². The number of pyridine rings is 1. The van der Waals surface area contributed by atoms with Crippen LogP contribution >= 0.6 is 0 Å². The van der Waals surface area contributed by atoms with Gasteiger partial charge in [-0.05, 0) is 11.6 Å². The van der Waals surface area contributed by atoms with Crippen LogP contribution in [-0.2, 0) is 36.6 Å². The number of nitrogens with zero attached hydrogens (tertiary/aromatic N) is 5. The molecule has 12 aromatic rings. The first-order valence-electron chi connectivity index (χ1n) is 30.7. The number of hydrogen-bond donors (Lipinski definition) is 0. The van der Waals surface area contributed by atoms with Crippen LogP contribution in [0.3, 0.4) is 0 Å².